The second-order valence-corrected chi connectivity index (χ2v) is 12.2. The van der Waals surface area contributed by atoms with E-state index in [1.165, 1.54) is 13.0 Å². The Morgan fingerprint density at radius 3 is 2.23 bits per heavy atom. The third-order valence-electron chi connectivity index (χ3n) is 6.20. The molecule has 3 N–H and O–H groups in total. The third-order valence-corrected chi connectivity index (χ3v) is 8.04. The minimum Gasteiger partial charge on any atom is -0.384 e. The first-order valence-corrected chi connectivity index (χ1v) is 15.6. The van der Waals surface area contributed by atoms with Gasteiger partial charge in [0.15, 0.2) is 0 Å². The molecule has 0 saturated heterocycles. The second-order valence-electron chi connectivity index (χ2n) is 10.2. The summed E-state index contributed by atoms with van der Waals surface area (Å²) < 4.78 is 27.6. The molecule has 0 heterocycles. The number of sulfonamides is 1. The number of hydrogen-bond donors (Lipinski definition) is 4. The molecule has 0 fully saturated rings. The van der Waals surface area contributed by atoms with Crippen molar-refractivity contribution in [2.24, 2.45) is 5.92 Å². The lowest BCUT2D eigenvalue weighted by atomic mass is 10.0. The number of aliphatic hydroxyl groups excluding tert-OH is 1. The zero-order valence-electron chi connectivity index (χ0n) is 23.6. The van der Waals surface area contributed by atoms with Gasteiger partial charge in [-0.1, -0.05) is 63.2 Å². The maximum Gasteiger partial charge on any atom is 0.264 e. The molecule has 0 aliphatic carbocycles. The zero-order chi connectivity index (χ0) is 29.9. The van der Waals surface area contributed by atoms with E-state index in [1.54, 1.807) is 47.4 Å². The molecule has 9 nitrogen and oxygen atoms in total. The molecule has 2 aromatic carbocycles. The van der Waals surface area contributed by atoms with Crippen molar-refractivity contribution < 1.29 is 27.9 Å². The molecule has 2 rings (SSSR count). The van der Waals surface area contributed by atoms with Gasteiger partial charge in [0, 0.05) is 43.3 Å². The molecule has 220 valence electrons. The summed E-state index contributed by atoms with van der Waals surface area (Å²) in [6, 6.07) is 13.3. The van der Waals surface area contributed by atoms with E-state index >= 15 is 0 Å². The van der Waals surface area contributed by atoms with Gasteiger partial charge in [0.25, 0.3) is 15.9 Å². The number of hydrogen-bond acceptors (Lipinski definition) is 7. The molecule has 2 atom stereocenters. The van der Waals surface area contributed by atoms with Crippen LogP contribution in [0.2, 0.25) is 0 Å². The first-order chi connectivity index (χ1) is 18.9. The van der Waals surface area contributed by atoms with Crippen LogP contribution < -0.4 is 10.0 Å². The molecule has 0 radical (unpaired) electrons. The number of nitrogens with zero attached hydrogens (tertiary/aromatic N) is 1. The van der Waals surface area contributed by atoms with Crippen molar-refractivity contribution in [2.45, 2.75) is 77.0 Å². The van der Waals surface area contributed by atoms with Gasteiger partial charge in [-0.15, -0.1) is 0 Å². The number of thiol groups is 1. The first kappa shape index (κ1) is 33.3. The van der Waals surface area contributed by atoms with Crippen molar-refractivity contribution >= 4 is 40.4 Å². The minimum absolute atomic E-state index is 0.0183. The fourth-order valence-corrected chi connectivity index (χ4v) is 5.69. The Morgan fingerprint density at radius 1 is 1.00 bits per heavy atom. The Morgan fingerprint density at radius 2 is 1.65 bits per heavy atom. The SMILES string of the molecule is CCCC(=O)N(CCC(=O)N[C@@H](CS)CC(C)C)Cc1ccc(-c2ccccc2S(=O)(=O)NC(=O)[C@H](C)O)cc1. The van der Waals surface area contributed by atoms with E-state index in [9.17, 15) is 27.9 Å². The lowest BCUT2D eigenvalue weighted by molar-refractivity contribution is -0.132. The number of carbonyl (C=O) groups excluding carboxylic acids is 3. The van der Waals surface area contributed by atoms with Crippen LogP contribution in [0.4, 0.5) is 0 Å². The minimum atomic E-state index is -4.22. The van der Waals surface area contributed by atoms with Gasteiger partial charge in [0.1, 0.15) is 6.10 Å². The molecule has 0 bridgehead atoms. The summed E-state index contributed by atoms with van der Waals surface area (Å²) in [7, 11) is -4.22. The fraction of sp³-hybridized carbons (Fsp3) is 0.483. The Hall–Kier alpha value is -2.89. The van der Waals surface area contributed by atoms with Gasteiger partial charge in [0.2, 0.25) is 11.8 Å². The molecule has 2 aromatic rings. The number of aliphatic hydroxyl groups is 1. The van der Waals surface area contributed by atoms with Crippen LogP contribution in [0.3, 0.4) is 0 Å². The zero-order valence-corrected chi connectivity index (χ0v) is 25.3. The molecule has 11 heteroatoms. The summed E-state index contributed by atoms with van der Waals surface area (Å²) in [5.41, 5.74) is 1.81. The molecule has 3 amide bonds. The van der Waals surface area contributed by atoms with Gasteiger partial charge >= 0.3 is 0 Å². The van der Waals surface area contributed by atoms with E-state index in [4.69, 9.17) is 0 Å². The summed E-state index contributed by atoms with van der Waals surface area (Å²) in [4.78, 5) is 38.8. The van der Waals surface area contributed by atoms with Crippen LogP contribution in [0, 0.1) is 5.92 Å². The molecule has 40 heavy (non-hydrogen) atoms. The Bertz CT molecular complexity index is 1250. The number of benzene rings is 2. The van der Waals surface area contributed by atoms with E-state index in [-0.39, 0.29) is 35.7 Å². The predicted octanol–water partition coefficient (Wildman–Crippen LogP) is 3.52. The van der Waals surface area contributed by atoms with Crippen LogP contribution in [0.5, 0.6) is 0 Å². The molecular weight excluding hydrogens is 550 g/mol. The Labute approximate surface area is 243 Å². The quantitative estimate of drug-likeness (QED) is 0.234. The molecule has 0 spiro atoms. The second kappa shape index (κ2) is 15.8. The predicted molar refractivity (Wildman–Crippen MR) is 159 cm³/mol. The van der Waals surface area contributed by atoms with E-state index in [2.05, 4.69) is 31.8 Å². The average molecular weight is 592 g/mol. The number of amides is 3. The highest BCUT2D eigenvalue weighted by atomic mass is 32.2. The first-order valence-electron chi connectivity index (χ1n) is 13.5. The van der Waals surface area contributed by atoms with Gasteiger partial charge in [-0.3, -0.25) is 14.4 Å². The molecule has 0 saturated carbocycles. The summed E-state index contributed by atoms with van der Waals surface area (Å²) in [5, 5.41) is 12.4. The van der Waals surface area contributed by atoms with E-state index in [0.717, 1.165) is 12.0 Å². The number of rotatable bonds is 15. The highest BCUT2D eigenvalue weighted by Crippen LogP contribution is 2.28. The van der Waals surface area contributed by atoms with Crippen molar-refractivity contribution in [3.63, 3.8) is 0 Å². The van der Waals surface area contributed by atoms with E-state index in [0.29, 0.717) is 42.2 Å². The van der Waals surface area contributed by atoms with Crippen molar-refractivity contribution in [3.05, 3.63) is 54.1 Å². The monoisotopic (exact) mass is 591 g/mol. The maximum atomic E-state index is 12.8. The molecule has 0 aliphatic rings. The number of nitrogens with one attached hydrogen (secondary N) is 2. The van der Waals surface area contributed by atoms with Crippen LogP contribution in [0.1, 0.15) is 58.9 Å². The van der Waals surface area contributed by atoms with Gasteiger partial charge in [0.05, 0.1) is 4.90 Å². The Balaban J connectivity index is 2.19. The molecule has 0 aromatic heterocycles. The summed E-state index contributed by atoms with van der Waals surface area (Å²) >= 11 is 4.34. The van der Waals surface area contributed by atoms with Gasteiger partial charge < -0.3 is 15.3 Å². The molecular formula is C29H41N3O6S2. The Kier molecular flexibility index (Phi) is 13.1. The normalized spacial score (nSPS) is 13.0. The lowest BCUT2D eigenvalue weighted by Gasteiger charge is -2.24. The maximum absolute atomic E-state index is 12.8. The van der Waals surface area contributed by atoms with Crippen LogP contribution in [0.15, 0.2) is 53.4 Å². The van der Waals surface area contributed by atoms with Gasteiger partial charge in [-0.05, 0) is 42.9 Å². The van der Waals surface area contributed by atoms with Gasteiger partial charge in [-0.2, -0.15) is 12.6 Å². The summed E-state index contributed by atoms with van der Waals surface area (Å²) in [6.45, 7) is 7.87. The standard InChI is InChI=1S/C29H41N3O6S2/c1-5-8-28(35)32(16-15-27(34)30-24(19-39)17-20(2)3)18-22-11-13-23(14-12-22)25-9-6-7-10-26(25)40(37,38)31-29(36)21(4)33/h6-7,9-14,20-21,24,33,39H,5,8,15-19H2,1-4H3,(H,30,34)(H,31,36)/t21-,24+/m0/s1. The molecule has 0 aliphatic heterocycles. The van der Waals surface area contributed by atoms with Crippen molar-refractivity contribution in [3.8, 4) is 11.1 Å². The van der Waals surface area contributed by atoms with E-state index in [1.807, 2.05) is 11.6 Å². The highest BCUT2D eigenvalue weighted by molar-refractivity contribution is 7.90. The largest absolute Gasteiger partial charge is 0.384 e. The lowest BCUT2D eigenvalue weighted by Crippen LogP contribution is -2.40. The van der Waals surface area contributed by atoms with Crippen LogP contribution >= 0.6 is 12.6 Å². The van der Waals surface area contributed by atoms with Crippen LogP contribution in [-0.4, -0.2) is 60.6 Å². The van der Waals surface area contributed by atoms with Crippen molar-refractivity contribution in [1.82, 2.24) is 14.9 Å². The topological polar surface area (TPSA) is 133 Å². The highest BCUT2D eigenvalue weighted by Gasteiger charge is 2.24. The van der Waals surface area contributed by atoms with Crippen LogP contribution in [-0.2, 0) is 31.0 Å². The third kappa shape index (κ3) is 10.3. The smallest absolute Gasteiger partial charge is 0.264 e. The average Bonchev–Trinajstić information content (AvgIpc) is 2.90. The van der Waals surface area contributed by atoms with E-state index < -0.39 is 22.0 Å². The summed E-state index contributed by atoms with van der Waals surface area (Å²) in [5.74, 6) is -0.205. The van der Waals surface area contributed by atoms with Crippen molar-refractivity contribution in [2.75, 3.05) is 12.3 Å². The fourth-order valence-electron chi connectivity index (χ4n) is 4.17. The molecule has 0 unspecified atom stereocenters. The van der Waals surface area contributed by atoms with Crippen LogP contribution in [0.25, 0.3) is 11.1 Å². The summed E-state index contributed by atoms with van der Waals surface area (Å²) in [6.07, 6.45) is 0.593. The van der Waals surface area contributed by atoms with Crippen molar-refractivity contribution in [1.29, 1.82) is 0 Å². The number of carbonyl (C=O) groups is 3. The van der Waals surface area contributed by atoms with Gasteiger partial charge in [-0.25, -0.2) is 13.1 Å².